The predicted molar refractivity (Wildman–Crippen MR) is 278 cm³/mol. The lowest BCUT2D eigenvalue weighted by molar-refractivity contribution is -0.143. The molecule has 64 heavy (non-hydrogen) atoms. The smallest absolute Gasteiger partial charge is 0.305 e. The van der Waals surface area contributed by atoms with Crippen LogP contribution in [0.3, 0.4) is 0 Å². The van der Waals surface area contributed by atoms with Gasteiger partial charge in [-0.3, -0.25) is 9.59 Å². The van der Waals surface area contributed by atoms with E-state index in [1.54, 1.807) is 6.08 Å². The van der Waals surface area contributed by atoms with Gasteiger partial charge >= 0.3 is 5.97 Å². The summed E-state index contributed by atoms with van der Waals surface area (Å²) in [5.41, 5.74) is 0. The van der Waals surface area contributed by atoms with Crippen LogP contribution in [0.15, 0.2) is 48.6 Å². The van der Waals surface area contributed by atoms with Crippen molar-refractivity contribution in [1.82, 2.24) is 5.32 Å². The van der Waals surface area contributed by atoms with E-state index in [9.17, 15) is 19.8 Å². The number of aliphatic hydroxyl groups excluding tert-OH is 2. The molecule has 1 amide bonds. The van der Waals surface area contributed by atoms with Crippen LogP contribution in [0.4, 0.5) is 0 Å². The van der Waals surface area contributed by atoms with Crippen molar-refractivity contribution in [3.05, 3.63) is 48.6 Å². The summed E-state index contributed by atoms with van der Waals surface area (Å²) in [6.45, 7) is 4.83. The number of ether oxygens (including phenoxy) is 1. The van der Waals surface area contributed by atoms with E-state index < -0.39 is 12.1 Å². The lowest BCUT2D eigenvalue weighted by Crippen LogP contribution is -2.45. The minimum absolute atomic E-state index is 0.0180. The molecule has 6 heteroatoms. The number of hydrogen-bond acceptors (Lipinski definition) is 5. The molecule has 0 aliphatic carbocycles. The molecule has 0 aliphatic rings. The number of unbranched alkanes of at least 4 members (excludes halogenated alkanes) is 34. The second kappa shape index (κ2) is 53.4. The first kappa shape index (κ1) is 61.8. The summed E-state index contributed by atoms with van der Waals surface area (Å²) in [5, 5.41) is 23.1. The average Bonchev–Trinajstić information content (AvgIpc) is 3.29. The molecular weight excluding hydrogens is 791 g/mol. The Balaban J connectivity index is 3.51. The third-order valence-electron chi connectivity index (χ3n) is 12.6. The molecule has 0 saturated heterocycles. The van der Waals surface area contributed by atoms with E-state index in [1.807, 2.05) is 6.08 Å². The van der Waals surface area contributed by atoms with Gasteiger partial charge in [0, 0.05) is 12.8 Å². The highest BCUT2D eigenvalue weighted by Crippen LogP contribution is 2.15. The molecule has 0 aromatic heterocycles. The van der Waals surface area contributed by atoms with E-state index in [0.29, 0.717) is 19.4 Å². The van der Waals surface area contributed by atoms with Crippen molar-refractivity contribution in [2.75, 3.05) is 13.2 Å². The van der Waals surface area contributed by atoms with Gasteiger partial charge in [-0.1, -0.05) is 236 Å². The number of amides is 1. The van der Waals surface area contributed by atoms with Gasteiger partial charge in [0.25, 0.3) is 0 Å². The van der Waals surface area contributed by atoms with Crippen LogP contribution in [0.5, 0.6) is 0 Å². The average molecular weight is 898 g/mol. The lowest BCUT2D eigenvalue weighted by Gasteiger charge is -2.20. The van der Waals surface area contributed by atoms with Crippen LogP contribution in [0.2, 0.25) is 0 Å². The van der Waals surface area contributed by atoms with Crippen LogP contribution in [0.25, 0.3) is 0 Å². The molecule has 0 aromatic rings. The summed E-state index contributed by atoms with van der Waals surface area (Å²) < 4.78 is 5.45. The fourth-order valence-corrected chi connectivity index (χ4v) is 8.23. The van der Waals surface area contributed by atoms with Gasteiger partial charge in [-0.25, -0.2) is 0 Å². The molecule has 0 aliphatic heterocycles. The SMILES string of the molecule is CCCC/C=C\C/C=C\CCCCCCCC(=O)OCCCCCCCC/C=C\CCCCCCCCCC(=O)NC(CO)C(O)/C=C/CCCCCCCCCCCCCCCC. The zero-order valence-corrected chi connectivity index (χ0v) is 42.5. The number of aliphatic hydroxyl groups is 2. The summed E-state index contributed by atoms with van der Waals surface area (Å²) in [4.78, 5) is 24.5. The normalized spacial score (nSPS) is 13.0. The van der Waals surface area contributed by atoms with E-state index in [4.69, 9.17) is 4.74 Å². The van der Waals surface area contributed by atoms with Crippen molar-refractivity contribution in [2.24, 2.45) is 0 Å². The number of allylic oxidation sites excluding steroid dienone is 7. The van der Waals surface area contributed by atoms with Gasteiger partial charge in [-0.2, -0.15) is 0 Å². The van der Waals surface area contributed by atoms with E-state index in [2.05, 4.69) is 55.6 Å². The fraction of sp³-hybridized carbons (Fsp3) is 0.828. The van der Waals surface area contributed by atoms with Crippen LogP contribution in [-0.4, -0.2) is 47.4 Å². The van der Waals surface area contributed by atoms with E-state index >= 15 is 0 Å². The quantitative estimate of drug-likeness (QED) is 0.0321. The van der Waals surface area contributed by atoms with E-state index in [0.717, 1.165) is 64.2 Å². The van der Waals surface area contributed by atoms with Crippen LogP contribution in [0.1, 0.15) is 284 Å². The van der Waals surface area contributed by atoms with Crippen LogP contribution in [-0.2, 0) is 14.3 Å². The third-order valence-corrected chi connectivity index (χ3v) is 12.6. The molecular formula is C58H107NO5. The van der Waals surface area contributed by atoms with Crippen molar-refractivity contribution < 1.29 is 24.5 Å². The molecule has 0 bridgehead atoms. The molecule has 6 nitrogen and oxygen atoms in total. The maximum atomic E-state index is 12.4. The first-order valence-electron chi connectivity index (χ1n) is 27.9. The standard InChI is InChI=1S/C58H107NO5/c1-3-5-7-9-11-13-15-17-19-23-26-30-34-38-42-46-50-56(61)55(54-60)59-57(62)51-47-43-39-35-31-27-24-21-20-22-25-29-33-37-41-45-49-53-64-58(63)52-48-44-40-36-32-28-18-16-14-12-10-8-6-4-2/h10,12,16,18,20,22,46,50,55-56,60-61H,3-9,11,13-15,17,19,21,23-45,47-49,51-54H2,1-2H3,(H,59,62)/b12-10-,18-16-,22-20-,50-46+. The summed E-state index contributed by atoms with van der Waals surface area (Å²) in [5.74, 6) is -0.0985. The Bertz CT molecular complexity index is 1080. The second-order valence-corrected chi connectivity index (χ2v) is 18.9. The predicted octanol–water partition coefficient (Wildman–Crippen LogP) is 17.0. The van der Waals surface area contributed by atoms with Crippen LogP contribution < -0.4 is 5.32 Å². The van der Waals surface area contributed by atoms with Crippen molar-refractivity contribution in [3.63, 3.8) is 0 Å². The highest BCUT2D eigenvalue weighted by Gasteiger charge is 2.18. The summed E-state index contributed by atoms with van der Waals surface area (Å²) in [7, 11) is 0. The summed E-state index contributed by atoms with van der Waals surface area (Å²) in [6, 6.07) is -0.638. The molecule has 0 spiro atoms. The number of rotatable bonds is 51. The summed E-state index contributed by atoms with van der Waals surface area (Å²) >= 11 is 0. The number of esters is 1. The Morgan fingerprint density at radius 1 is 0.438 bits per heavy atom. The summed E-state index contributed by atoms with van der Waals surface area (Å²) in [6.07, 6.45) is 66.9. The zero-order valence-electron chi connectivity index (χ0n) is 42.5. The Hall–Kier alpha value is -2.18. The topological polar surface area (TPSA) is 95.9 Å². The van der Waals surface area contributed by atoms with Gasteiger partial charge in [0.1, 0.15) is 0 Å². The highest BCUT2D eigenvalue weighted by molar-refractivity contribution is 5.76. The molecule has 0 saturated carbocycles. The Morgan fingerprint density at radius 2 is 0.797 bits per heavy atom. The number of nitrogens with one attached hydrogen (secondary N) is 1. The molecule has 374 valence electrons. The van der Waals surface area contributed by atoms with Gasteiger partial charge in [-0.05, 0) is 83.5 Å². The molecule has 2 atom stereocenters. The minimum Gasteiger partial charge on any atom is -0.466 e. The third kappa shape index (κ3) is 49.3. The van der Waals surface area contributed by atoms with Gasteiger partial charge in [0.05, 0.1) is 25.4 Å². The molecule has 0 aromatic carbocycles. The number of hydrogen-bond donors (Lipinski definition) is 3. The van der Waals surface area contributed by atoms with Crippen molar-refractivity contribution in [2.45, 2.75) is 296 Å². The highest BCUT2D eigenvalue weighted by atomic mass is 16.5. The first-order valence-corrected chi connectivity index (χ1v) is 27.9. The number of carbonyl (C=O) groups is 2. The number of carbonyl (C=O) groups excluding carboxylic acids is 2. The Labute approximate surface area is 397 Å². The van der Waals surface area contributed by atoms with E-state index in [-0.39, 0.29) is 18.5 Å². The first-order chi connectivity index (χ1) is 31.5. The van der Waals surface area contributed by atoms with Gasteiger partial charge in [0.15, 0.2) is 0 Å². The molecule has 2 unspecified atom stereocenters. The fourth-order valence-electron chi connectivity index (χ4n) is 8.23. The zero-order chi connectivity index (χ0) is 46.5. The molecule has 0 fully saturated rings. The van der Waals surface area contributed by atoms with Crippen molar-refractivity contribution >= 4 is 11.9 Å². The molecule has 3 N–H and O–H groups in total. The van der Waals surface area contributed by atoms with Gasteiger partial charge < -0.3 is 20.3 Å². The molecule has 0 radical (unpaired) electrons. The second-order valence-electron chi connectivity index (χ2n) is 18.9. The van der Waals surface area contributed by atoms with Crippen molar-refractivity contribution in [1.29, 1.82) is 0 Å². The van der Waals surface area contributed by atoms with Crippen molar-refractivity contribution in [3.8, 4) is 0 Å². The maximum Gasteiger partial charge on any atom is 0.305 e. The van der Waals surface area contributed by atoms with Crippen LogP contribution >= 0.6 is 0 Å². The van der Waals surface area contributed by atoms with Gasteiger partial charge in [-0.15, -0.1) is 0 Å². The largest absolute Gasteiger partial charge is 0.466 e. The molecule has 0 rings (SSSR count). The van der Waals surface area contributed by atoms with Gasteiger partial charge in [0.2, 0.25) is 5.91 Å². The maximum absolute atomic E-state index is 12.4. The minimum atomic E-state index is -0.853. The van der Waals surface area contributed by atoms with Crippen LogP contribution in [0, 0.1) is 0 Å². The molecule has 0 heterocycles. The Morgan fingerprint density at radius 3 is 1.25 bits per heavy atom. The monoisotopic (exact) mass is 898 g/mol. The van der Waals surface area contributed by atoms with E-state index in [1.165, 1.54) is 193 Å². The lowest BCUT2D eigenvalue weighted by atomic mass is 10.0. The Kier molecular flexibility index (Phi) is 51.6.